The van der Waals surface area contributed by atoms with Crippen molar-refractivity contribution in [2.75, 3.05) is 17.7 Å². The van der Waals surface area contributed by atoms with Gasteiger partial charge in [0, 0.05) is 17.7 Å². The molecule has 0 aliphatic rings. The fourth-order valence-electron chi connectivity index (χ4n) is 2.59. The van der Waals surface area contributed by atoms with Gasteiger partial charge >= 0.3 is 0 Å². The molecule has 0 bridgehead atoms. The summed E-state index contributed by atoms with van der Waals surface area (Å²) in [6, 6.07) is 13.7. The lowest BCUT2D eigenvalue weighted by molar-refractivity contribution is -0.118. The maximum Gasteiger partial charge on any atom is 0.233 e. The number of hydrogen-bond donors (Lipinski definition) is 2. The molecule has 2 N–H and O–H groups in total. The number of thioether (sulfide) groups is 1. The summed E-state index contributed by atoms with van der Waals surface area (Å²) in [7, 11) is 0. The van der Waals surface area contributed by atoms with Crippen molar-refractivity contribution >= 4 is 23.5 Å². The molecule has 1 aromatic carbocycles. The van der Waals surface area contributed by atoms with Gasteiger partial charge in [0.05, 0.1) is 12.5 Å². The third-order valence-corrected chi connectivity index (χ3v) is 4.70. The summed E-state index contributed by atoms with van der Waals surface area (Å²) in [5.41, 5.74) is 2.10. The van der Waals surface area contributed by atoms with E-state index in [-0.39, 0.29) is 24.3 Å². The van der Waals surface area contributed by atoms with Gasteiger partial charge < -0.3 is 10.4 Å². The Hall–Kier alpha value is -1.85. The van der Waals surface area contributed by atoms with E-state index in [0.29, 0.717) is 11.6 Å². The van der Waals surface area contributed by atoms with E-state index in [1.807, 2.05) is 56.3 Å². The van der Waals surface area contributed by atoms with E-state index in [1.54, 1.807) is 18.0 Å². The minimum absolute atomic E-state index is 0.0381. The quantitative estimate of drug-likeness (QED) is 0.717. The van der Waals surface area contributed by atoms with Crippen LogP contribution in [0.25, 0.3) is 0 Å². The van der Waals surface area contributed by atoms with Crippen LogP contribution in [0.4, 0.5) is 5.82 Å². The zero-order valence-corrected chi connectivity index (χ0v) is 14.9. The van der Waals surface area contributed by atoms with E-state index in [1.165, 1.54) is 0 Å². The average Bonchev–Trinajstić information content (AvgIpc) is 2.56. The predicted octanol–water partition coefficient (Wildman–Crippen LogP) is 3.69. The van der Waals surface area contributed by atoms with Crippen molar-refractivity contribution in [2.45, 2.75) is 25.5 Å². The predicted molar refractivity (Wildman–Crippen MR) is 100 cm³/mol. The molecule has 0 aliphatic carbocycles. The van der Waals surface area contributed by atoms with Gasteiger partial charge in [0.25, 0.3) is 0 Å². The maximum absolute atomic E-state index is 12.7. The highest BCUT2D eigenvalue weighted by molar-refractivity contribution is 7.98. The topological polar surface area (TPSA) is 62.2 Å². The van der Waals surface area contributed by atoms with Gasteiger partial charge in [0.2, 0.25) is 5.91 Å². The van der Waals surface area contributed by atoms with Crippen LogP contribution in [0, 0.1) is 5.92 Å². The minimum atomic E-state index is -0.208. The Kier molecular flexibility index (Phi) is 7.28. The smallest absolute Gasteiger partial charge is 0.233 e. The lowest BCUT2D eigenvalue weighted by atomic mass is 9.87. The Morgan fingerprint density at radius 2 is 2.00 bits per heavy atom. The van der Waals surface area contributed by atoms with Crippen molar-refractivity contribution in [2.24, 2.45) is 5.92 Å². The Morgan fingerprint density at radius 1 is 1.25 bits per heavy atom. The molecule has 0 aliphatic heterocycles. The number of aromatic nitrogens is 1. The Morgan fingerprint density at radius 3 is 2.67 bits per heavy atom. The van der Waals surface area contributed by atoms with Gasteiger partial charge in [-0.25, -0.2) is 4.98 Å². The third-order valence-electron chi connectivity index (χ3n) is 3.69. The Labute approximate surface area is 147 Å². The van der Waals surface area contributed by atoms with Crippen LogP contribution in [0.3, 0.4) is 0 Å². The van der Waals surface area contributed by atoms with Gasteiger partial charge in [0.1, 0.15) is 5.82 Å². The van der Waals surface area contributed by atoms with Crippen molar-refractivity contribution in [3.05, 3.63) is 59.8 Å². The molecule has 0 saturated heterocycles. The Balaban J connectivity index is 2.08. The van der Waals surface area contributed by atoms with E-state index in [2.05, 4.69) is 10.3 Å². The Bertz CT molecular complexity index is 647. The molecule has 24 heavy (non-hydrogen) atoms. The van der Waals surface area contributed by atoms with Crippen LogP contribution >= 0.6 is 11.8 Å². The highest BCUT2D eigenvalue weighted by Crippen LogP contribution is 2.26. The zero-order valence-electron chi connectivity index (χ0n) is 14.1. The molecule has 2 rings (SSSR count). The number of pyridine rings is 1. The van der Waals surface area contributed by atoms with E-state index in [4.69, 9.17) is 5.11 Å². The molecule has 1 atom stereocenters. The first-order valence-electron chi connectivity index (χ1n) is 8.11. The van der Waals surface area contributed by atoms with Crippen LogP contribution in [0.1, 0.15) is 30.9 Å². The van der Waals surface area contributed by atoms with Crippen LogP contribution in [-0.4, -0.2) is 28.4 Å². The van der Waals surface area contributed by atoms with Crippen LogP contribution in [-0.2, 0) is 10.5 Å². The summed E-state index contributed by atoms with van der Waals surface area (Å²) in [6.45, 7) is 4.27. The number of carbonyl (C=O) groups is 1. The van der Waals surface area contributed by atoms with E-state index in [9.17, 15) is 4.79 Å². The molecule has 0 spiro atoms. The molecule has 1 heterocycles. The van der Waals surface area contributed by atoms with Crippen molar-refractivity contribution in [3.8, 4) is 0 Å². The van der Waals surface area contributed by atoms with Crippen LogP contribution in [0.15, 0.2) is 48.7 Å². The molecule has 1 aromatic heterocycles. The normalized spacial score (nSPS) is 12.2. The molecular weight excluding hydrogens is 320 g/mol. The van der Waals surface area contributed by atoms with Crippen molar-refractivity contribution in [1.29, 1.82) is 0 Å². The third kappa shape index (κ3) is 5.35. The monoisotopic (exact) mass is 344 g/mol. The summed E-state index contributed by atoms with van der Waals surface area (Å²) >= 11 is 1.65. The summed E-state index contributed by atoms with van der Waals surface area (Å²) in [5, 5.41) is 11.8. The first-order chi connectivity index (χ1) is 11.6. The largest absolute Gasteiger partial charge is 0.396 e. The fourth-order valence-corrected chi connectivity index (χ4v) is 3.28. The number of rotatable bonds is 8. The number of benzene rings is 1. The van der Waals surface area contributed by atoms with Crippen molar-refractivity contribution < 1.29 is 9.90 Å². The van der Waals surface area contributed by atoms with Crippen LogP contribution < -0.4 is 5.32 Å². The van der Waals surface area contributed by atoms with Crippen LogP contribution in [0.2, 0.25) is 0 Å². The average molecular weight is 344 g/mol. The zero-order chi connectivity index (χ0) is 17.4. The molecule has 1 amide bonds. The summed E-state index contributed by atoms with van der Waals surface area (Å²) in [4.78, 5) is 17.0. The number of nitrogens with zero attached hydrogens (tertiary/aromatic N) is 1. The molecule has 0 saturated carbocycles. The summed E-state index contributed by atoms with van der Waals surface area (Å²) in [5.74, 6) is 2.01. The second-order valence-corrected chi connectivity index (χ2v) is 7.05. The molecule has 1 unspecified atom stereocenters. The molecule has 5 heteroatoms. The fraction of sp³-hybridized carbons (Fsp3) is 0.368. The first kappa shape index (κ1) is 18.5. The molecule has 0 radical (unpaired) electrons. The number of nitrogens with one attached hydrogen (secondary N) is 1. The van der Waals surface area contributed by atoms with Gasteiger partial charge in [-0.3, -0.25) is 4.79 Å². The molecule has 128 valence electrons. The number of aliphatic hydroxyl groups is 1. The molecular formula is C19H24N2O2S. The summed E-state index contributed by atoms with van der Waals surface area (Å²) in [6.07, 6.45) is 1.71. The summed E-state index contributed by atoms with van der Waals surface area (Å²) < 4.78 is 0. The van der Waals surface area contributed by atoms with Crippen molar-refractivity contribution in [1.82, 2.24) is 4.98 Å². The number of carbonyl (C=O) groups excluding carboxylic acids is 1. The van der Waals surface area contributed by atoms with E-state index < -0.39 is 0 Å². The molecule has 4 nitrogen and oxygen atoms in total. The van der Waals surface area contributed by atoms with Gasteiger partial charge in [-0.1, -0.05) is 44.2 Å². The van der Waals surface area contributed by atoms with Gasteiger partial charge in [-0.2, -0.15) is 11.8 Å². The van der Waals surface area contributed by atoms with E-state index in [0.717, 1.165) is 16.9 Å². The first-order valence-corrected chi connectivity index (χ1v) is 9.26. The second kappa shape index (κ2) is 9.45. The highest BCUT2D eigenvalue weighted by atomic mass is 32.2. The van der Waals surface area contributed by atoms with E-state index >= 15 is 0 Å². The standard InChI is InChI=1S/C19H24N2O2S/c1-14(2)18(16-6-4-3-5-7-16)19(23)21-17-12-15(8-9-20-17)13-24-11-10-22/h3-9,12,14,18,22H,10-11,13H2,1-2H3,(H,20,21,23). The highest BCUT2D eigenvalue weighted by Gasteiger charge is 2.24. The minimum Gasteiger partial charge on any atom is -0.396 e. The second-order valence-electron chi connectivity index (χ2n) is 5.95. The number of hydrogen-bond acceptors (Lipinski definition) is 4. The SMILES string of the molecule is CC(C)C(C(=O)Nc1cc(CSCCO)ccn1)c1ccccc1. The van der Waals surface area contributed by atoms with Gasteiger partial charge in [-0.15, -0.1) is 0 Å². The lowest BCUT2D eigenvalue weighted by Gasteiger charge is -2.20. The van der Waals surface area contributed by atoms with Crippen LogP contribution in [0.5, 0.6) is 0 Å². The molecule has 0 fully saturated rings. The van der Waals surface area contributed by atoms with Crippen molar-refractivity contribution in [3.63, 3.8) is 0 Å². The number of aliphatic hydroxyl groups excluding tert-OH is 1. The lowest BCUT2D eigenvalue weighted by Crippen LogP contribution is -2.25. The number of anilines is 1. The maximum atomic E-state index is 12.7. The van der Waals surface area contributed by atoms with Gasteiger partial charge in [0.15, 0.2) is 0 Å². The number of amides is 1. The van der Waals surface area contributed by atoms with Gasteiger partial charge in [-0.05, 0) is 29.2 Å². The molecule has 2 aromatic rings.